The van der Waals surface area contributed by atoms with E-state index in [0.717, 1.165) is 0 Å². The van der Waals surface area contributed by atoms with Gasteiger partial charge in [-0.3, -0.25) is 0 Å². The molecule has 0 aliphatic heterocycles. The summed E-state index contributed by atoms with van der Waals surface area (Å²) in [5.74, 6) is -0.312. The van der Waals surface area contributed by atoms with Gasteiger partial charge in [-0.25, -0.2) is 0 Å². The standard InChI is InChI=1S/C9H9O2.BrH.Zn/c1-2-11-9(10)8-6-4-3-5-7-8;;/h3-6H,2H2,1H3;1H;/q-1;;+2/p-1. The summed E-state index contributed by atoms with van der Waals surface area (Å²) in [5.41, 5.74) is 0.481. The van der Waals surface area contributed by atoms with Crippen LogP contribution in [0.15, 0.2) is 24.3 Å². The summed E-state index contributed by atoms with van der Waals surface area (Å²) < 4.78 is 4.76. The molecule has 0 aromatic heterocycles. The van der Waals surface area contributed by atoms with Gasteiger partial charge in [-0.15, -0.1) is 30.3 Å². The van der Waals surface area contributed by atoms with E-state index in [4.69, 9.17) is 4.74 Å². The van der Waals surface area contributed by atoms with Gasteiger partial charge < -0.3 is 9.53 Å². The molecule has 1 rings (SSSR count). The quantitative estimate of drug-likeness (QED) is 0.476. The Morgan fingerprint density at radius 3 is 2.77 bits per heavy atom. The Bertz CT molecular complexity index is 239. The molecule has 0 N–H and O–H groups in total. The third kappa shape index (κ3) is 5.17. The number of rotatable bonds is 2. The van der Waals surface area contributed by atoms with Gasteiger partial charge in [0.05, 0.1) is 6.61 Å². The van der Waals surface area contributed by atoms with Gasteiger partial charge in [0.1, 0.15) is 0 Å². The third-order valence-electron chi connectivity index (χ3n) is 1.20. The van der Waals surface area contributed by atoms with Crippen LogP contribution in [-0.4, -0.2) is 12.6 Å². The predicted molar refractivity (Wildman–Crippen MR) is 50.2 cm³/mol. The van der Waals surface area contributed by atoms with E-state index >= 15 is 0 Å². The van der Waals surface area contributed by atoms with Crippen LogP contribution in [0.4, 0.5) is 0 Å². The van der Waals surface area contributed by atoms with E-state index in [2.05, 4.69) is 19.7 Å². The van der Waals surface area contributed by atoms with Crippen molar-refractivity contribution >= 4 is 19.6 Å². The van der Waals surface area contributed by atoms with E-state index in [1.54, 1.807) is 25.1 Å². The van der Waals surface area contributed by atoms with Crippen LogP contribution < -0.4 is 0 Å². The van der Waals surface area contributed by atoms with Crippen molar-refractivity contribution in [3.63, 3.8) is 0 Å². The fourth-order valence-corrected chi connectivity index (χ4v) is 0.729. The first-order valence-electron chi connectivity index (χ1n) is 3.75. The monoisotopic (exact) mass is 292 g/mol. The van der Waals surface area contributed by atoms with Crippen molar-refractivity contribution in [2.24, 2.45) is 0 Å². The fourth-order valence-electron chi connectivity index (χ4n) is 0.729. The molecule has 0 unspecified atom stereocenters. The van der Waals surface area contributed by atoms with Crippen molar-refractivity contribution in [2.75, 3.05) is 6.61 Å². The second-order valence-corrected chi connectivity index (χ2v) is 2.00. The zero-order chi connectivity index (χ0) is 10.1. The number of benzene rings is 1. The summed E-state index contributed by atoms with van der Waals surface area (Å²) in [6.07, 6.45) is 0. The van der Waals surface area contributed by atoms with E-state index in [1.807, 2.05) is 6.07 Å². The summed E-state index contributed by atoms with van der Waals surface area (Å²) in [7, 11) is 0. The molecular formula is C9H9BrO2Zn. The third-order valence-corrected chi connectivity index (χ3v) is 1.20. The molecule has 0 aliphatic carbocycles. The van der Waals surface area contributed by atoms with Crippen molar-refractivity contribution in [3.8, 4) is 0 Å². The van der Waals surface area contributed by atoms with E-state index in [0.29, 0.717) is 12.2 Å². The number of hydrogen-bond acceptors (Lipinski definition) is 2. The molecule has 0 amide bonds. The maximum atomic E-state index is 11.0. The number of ether oxygens (including phenoxy) is 1. The fraction of sp³-hybridized carbons (Fsp3) is 0.222. The molecule has 0 aliphatic rings. The van der Waals surface area contributed by atoms with Crippen molar-refractivity contribution in [2.45, 2.75) is 6.92 Å². The minimum absolute atomic E-state index is 0.312. The van der Waals surface area contributed by atoms with Gasteiger partial charge >= 0.3 is 30.0 Å². The van der Waals surface area contributed by atoms with E-state index in [9.17, 15) is 4.79 Å². The zero-order valence-electron chi connectivity index (χ0n) is 7.42. The van der Waals surface area contributed by atoms with Crippen LogP contribution in [0.25, 0.3) is 0 Å². The summed E-state index contributed by atoms with van der Waals surface area (Å²) >= 11 is 4.25. The number of halogens is 1. The molecule has 0 saturated carbocycles. The van der Waals surface area contributed by atoms with Crippen LogP contribution in [0.5, 0.6) is 0 Å². The van der Waals surface area contributed by atoms with Gasteiger partial charge in [0.2, 0.25) is 5.97 Å². The molecule has 0 bridgehead atoms. The molecule has 2 nitrogen and oxygen atoms in total. The van der Waals surface area contributed by atoms with E-state index < -0.39 is 0 Å². The van der Waals surface area contributed by atoms with Crippen LogP contribution in [-0.2, 0) is 21.1 Å². The molecule has 0 heterocycles. The van der Waals surface area contributed by atoms with Crippen LogP contribution in [0.1, 0.15) is 17.3 Å². The average molecular weight is 294 g/mol. The van der Waals surface area contributed by atoms with Gasteiger partial charge in [-0.05, 0) is 6.92 Å². The Morgan fingerprint density at radius 2 is 2.31 bits per heavy atom. The number of esters is 1. The molecule has 66 valence electrons. The van der Waals surface area contributed by atoms with Crippen molar-refractivity contribution in [1.82, 2.24) is 0 Å². The predicted octanol–water partition coefficient (Wildman–Crippen LogP) is 2.51. The molecule has 0 saturated heterocycles. The van der Waals surface area contributed by atoms with Crippen LogP contribution in [0.2, 0.25) is 0 Å². The first-order valence-corrected chi connectivity index (χ1v) is 10.7. The molecule has 13 heavy (non-hydrogen) atoms. The Labute approximate surface area is 94.7 Å². The van der Waals surface area contributed by atoms with Gasteiger partial charge in [-0.1, -0.05) is 5.56 Å². The van der Waals surface area contributed by atoms with Gasteiger partial charge in [-0.2, -0.15) is 0 Å². The maximum absolute atomic E-state index is 11.0. The Morgan fingerprint density at radius 1 is 1.62 bits per heavy atom. The van der Waals surface area contributed by atoms with E-state index in [1.165, 1.54) is 16.3 Å². The number of hydrogen-bond donors (Lipinski definition) is 0. The number of carbonyl (C=O) groups excluding carboxylic acids is 1. The zero-order valence-corrected chi connectivity index (χ0v) is 12.0. The molecule has 0 spiro atoms. The molecule has 0 radical (unpaired) electrons. The van der Waals surface area contributed by atoms with Crippen LogP contribution >= 0.6 is 13.6 Å². The van der Waals surface area contributed by atoms with Crippen molar-refractivity contribution < 1.29 is 25.9 Å². The van der Waals surface area contributed by atoms with Gasteiger partial charge in [0.25, 0.3) is 0 Å². The molecule has 0 atom stereocenters. The molecule has 1 aromatic rings. The van der Waals surface area contributed by atoms with E-state index in [-0.39, 0.29) is 5.97 Å². The first-order chi connectivity index (χ1) is 6.34. The second-order valence-electron chi connectivity index (χ2n) is 2.00. The molecule has 4 heteroatoms. The summed E-state index contributed by atoms with van der Waals surface area (Å²) in [5, 5.41) is 0. The van der Waals surface area contributed by atoms with Crippen molar-refractivity contribution in [3.05, 3.63) is 35.9 Å². The number of carbonyl (C=O) groups is 1. The van der Waals surface area contributed by atoms with Crippen molar-refractivity contribution in [1.29, 1.82) is 0 Å². The molecule has 0 fully saturated rings. The van der Waals surface area contributed by atoms with Crippen LogP contribution in [0.3, 0.4) is 0 Å². The second kappa shape index (κ2) is 8.39. The Balaban J connectivity index is 0.000000671. The molecular weight excluding hydrogens is 285 g/mol. The summed E-state index contributed by atoms with van der Waals surface area (Å²) in [6, 6.07) is 9.73. The topological polar surface area (TPSA) is 26.3 Å². The Hall–Kier alpha value is -0.207. The Kier molecular flexibility index (Phi) is 8.26. The normalized spacial score (nSPS) is 8.31. The minimum atomic E-state index is -0.312. The summed E-state index contributed by atoms with van der Waals surface area (Å²) in [6.45, 7) is 2.18. The SMILES string of the molecule is CCOC(=O)c1[c-]cccc1.[Zn+][Br]. The van der Waals surface area contributed by atoms with Gasteiger partial charge in [0.15, 0.2) is 0 Å². The summed E-state index contributed by atoms with van der Waals surface area (Å²) in [4.78, 5) is 11.0. The average Bonchev–Trinajstić information content (AvgIpc) is 2.23. The van der Waals surface area contributed by atoms with Crippen LogP contribution in [0, 0.1) is 6.07 Å². The first kappa shape index (κ1) is 12.8. The van der Waals surface area contributed by atoms with Gasteiger partial charge in [0, 0.05) is 0 Å². The molecule has 1 aromatic carbocycles.